The Morgan fingerprint density at radius 2 is 2.20 bits per heavy atom. The van der Waals surface area contributed by atoms with Gasteiger partial charge in [0.15, 0.2) is 5.82 Å². The molecule has 0 saturated heterocycles. The van der Waals surface area contributed by atoms with Crippen LogP contribution < -0.4 is 0 Å². The normalized spacial score (nSPS) is 12.3. The molecule has 0 atom stereocenters. The van der Waals surface area contributed by atoms with Gasteiger partial charge in [-0.3, -0.25) is 5.10 Å². The number of halogens is 1. The van der Waals surface area contributed by atoms with Crippen molar-refractivity contribution >= 4 is 21.6 Å². The summed E-state index contributed by atoms with van der Waals surface area (Å²) in [4.78, 5) is 4.02. The summed E-state index contributed by atoms with van der Waals surface area (Å²) in [5, 5.41) is 6.50. The molecule has 0 unspecified atom stereocenters. The van der Waals surface area contributed by atoms with Crippen LogP contribution in [0.4, 0.5) is 0 Å². The van der Waals surface area contributed by atoms with Crippen LogP contribution in [0.15, 0.2) is 0 Å². The topological polar surface area (TPSA) is 79.0 Å². The maximum Gasteiger partial charge on any atom is 0.215 e. The zero-order valence-corrected chi connectivity index (χ0v) is 10.1. The fraction of sp³-hybridized carbons (Fsp3) is 0.714. The van der Waals surface area contributed by atoms with Crippen molar-refractivity contribution in [2.75, 3.05) is 18.7 Å². The van der Waals surface area contributed by atoms with Gasteiger partial charge >= 0.3 is 0 Å². The van der Waals surface area contributed by atoms with E-state index in [0.717, 1.165) is 0 Å². The molecule has 0 radical (unpaired) electrons. The molecule has 0 fully saturated rings. The fourth-order valence-corrected chi connectivity index (χ4v) is 2.41. The molecular weight excluding hydrogens is 240 g/mol. The zero-order chi connectivity index (χ0) is 11.5. The minimum Gasteiger partial charge on any atom is -0.263 e. The van der Waals surface area contributed by atoms with E-state index in [1.165, 1.54) is 11.4 Å². The highest BCUT2D eigenvalue weighted by Crippen LogP contribution is 2.04. The second-order valence-corrected chi connectivity index (χ2v) is 5.67. The lowest BCUT2D eigenvalue weighted by molar-refractivity contribution is 0.458. The van der Waals surface area contributed by atoms with Crippen LogP contribution in [0.25, 0.3) is 0 Å². The minimum absolute atomic E-state index is 0.0749. The SMILES string of the molecule is Cc1nc(CN(C)S(=O)(=O)CCCl)n[nH]1. The van der Waals surface area contributed by atoms with E-state index < -0.39 is 10.0 Å². The Bertz CT molecular complexity index is 416. The number of alkyl halides is 1. The largest absolute Gasteiger partial charge is 0.263 e. The summed E-state index contributed by atoms with van der Waals surface area (Å²) < 4.78 is 24.2. The number of hydrogen-bond donors (Lipinski definition) is 1. The highest BCUT2D eigenvalue weighted by molar-refractivity contribution is 7.89. The van der Waals surface area contributed by atoms with Gasteiger partial charge in [0, 0.05) is 12.9 Å². The van der Waals surface area contributed by atoms with Crippen molar-refractivity contribution in [1.82, 2.24) is 19.5 Å². The standard InChI is InChI=1S/C7H13ClN4O2S/c1-6-9-7(11-10-6)5-12(2)15(13,14)4-3-8/h3-5H2,1-2H3,(H,9,10,11). The third-order valence-corrected chi connectivity index (χ3v) is 4.03. The maximum atomic E-state index is 11.5. The molecule has 0 aliphatic heterocycles. The number of nitrogens with one attached hydrogen (secondary N) is 1. The second-order valence-electron chi connectivity index (χ2n) is 3.10. The molecule has 0 amide bonds. The van der Waals surface area contributed by atoms with Crippen LogP contribution in [0.3, 0.4) is 0 Å². The van der Waals surface area contributed by atoms with Crippen LogP contribution in [0, 0.1) is 6.92 Å². The van der Waals surface area contributed by atoms with Gasteiger partial charge in [-0.25, -0.2) is 13.4 Å². The van der Waals surface area contributed by atoms with E-state index in [1.54, 1.807) is 6.92 Å². The number of H-pyrrole nitrogens is 1. The summed E-state index contributed by atoms with van der Waals surface area (Å²) >= 11 is 5.39. The first-order valence-corrected chi connectivity index (χ1v) is 6.48. The third kappa shape index (κ3) is 3.44. The average Bonchev–Trinajstić information content (AvgIpc) is 2.51. The number of aryl methyl sites for hydroxylation is 1. The summed E-state index contributed by atoms with van der Waals surface area (Å²) in [5.74, 6) is 1.12. The molecule has 1 aromatic rings. The van der Waals surface area contributed by atoms with Crippen molar-refractivity contribution in [1.29, 1.82) is 0 Å². The molecule has 1 aromatic heterocycles. The minimum atomic E-state index is -3.29. The van der Waals surface area contributed by atoms with Crippen LogP contribution in [0.2, 0.25) is 0 Å². The summed E-state index contributed by atoms with van der Waals surface area (Å²) in [6.45, 7) is 1.91. The number of aromatic amines is 1. The van der Waals surface area contributed by atoms with Crippen molar-refractivity contribution < 1.29 is 8.42 Å². The Hall–Kier alpha value is -0.660. The lowest BCUT2D eigenvalue weighted by Gasteiger charge is -2.13. The fourth-order valence-electron chi connectivity index (χ4n) is 1.01. The van der Waals surface area contributed by atoms with Gasteiger partial charge in [0.25, 0.3) is 0 Å². The molecule has 1 rings (SSSR count). The summed E-state index contributed by atoms with van der Waals surface area (Å²) in [6.07, 6.45) is 0. The lowest BCUT2D eigenvalue weighted by atomic mass is 10.6. The molecular formula is C7H13ClN4O2S. The summed E-state index contributed by atoms with van der Waals surface area (Å²) in [7, 11) is -1.81. The smallest absolute Gasteiger partial charge is 0.215 e. The first-order chi connectivity index (χ1) is 6.95. The number of hydrogen-bond acceptors (Lipinski definition) is 4. The number of rotatable bonds is 5. The predicted octanol–water partition coefficient (Wildman–Crippen LogP) is 0.114. The highest BCUT2D eigenvalue weighted by atomic mass is 35.5. The molecule has 1 N–H and O–H groups in total. The van der Waals surface area contributed by atoms with Gasteiger partial charge in [-0.2, -0.15) is 9.40 Å². The third-order valence-electron chi connectivity index (χ3n) is 1.82. The average molecular weight is 253 g/mol. The lowest BCUT2D eigenvalue weighted by Crippen LogP contribution is -2.29. The molecule has 0 bridgehead atoms. The van der Waals surface area contributed by atoms with Gasteiger partial charge in [0.2, 0.25) is 10.0 Å². The molecule has 0 aromatic carbocycles. The Labute approximate surface area is 93.7 Å². The van der Waals surface area contributed by atoms with E-state index in [0.29, 0.717) is 11.6 Å². The summed E-state index contributed by atoms with van der Waals surface area (Å²) in [6, 6.07) is 0. The van der Waals surface area contributed by atoms with Crippen LogP contribution in [0.1, 0.15) is 11.6 Å². The maximum absolute atomic E-state index is 11.5. The van der Waals surface area contributed by atoms with E-state index in [1.807, 2.05) is 0 Å². The Kier molecular flexibility index (Phi) is 4.06. The van der Waals surface area contributed by atoms with E-state index in [-0.39, 0.29) is 18.2 Å². The number of sulfonamides is 1. The zero-order valence-electron chi connectivity index (χ0n) is 8.57. The quantitative estimate of drug-likeness (QED) is 0.755. The molecule has 6 nitrogen and oxygen atoms in total. The molecule has 8 heteroatoms. The molecule has 0 aliphatic carbocycles. The van der Waals surface area contributed by atoms with Gasteiger partial charge in [-0.1, -0.05) is 0 Å². The van der Waals surface area contributed by atoms with Crippen molar-refractivity contribution in [2.45, 2.75) is 13.5 Å². The molecule has 0 spiro atoms. The monoisotopic (exact) mass is 252 g/mol. The van der Waals surface area contributed by atoms with Crippen molar-refractivity contribution in [3.63, 3.8) is 0 Å². The first kappa shape index (κ1) is 12.4. The van der Waals surface area contributed by atoms with Gasteiger partial charge in [0.1, 0.15) is 5.82 Å². The van der Waals surface area contributed by atoms with Gasteiger partial charge in [0.05, 0.1) is 12.3 Å². The van der Waals surface area contributed by atoms with Crippen LogP contribution >= 0.6 is 11.6 Å². The van der Waals surface area contributed by atoms with Crippen molar-refractivity contribution in [3.8, 4) is 0 Å². The van der Waals surface area contributed by atoms with Crippen LogP contribution in [-0.2, 0) is 16.6 Å². The van der Waals surface area contributed by atoms with Gasteiger partial charge in [-0.15, -0.1) is 11.6 Å². The van der Waals surface area contributed by atoms with Crippen molar-refractivity contribution in [3.05, 3.63) is 11.6 Å². The number of nitrogens with zero attached hydrogens (tertiary/aromatic N) is 3. The van der Waals surface area contributed by atoms with E-state index in [9.17, 15) is 8.42 Å². The van der Waals surface area contributed by atoms with E-state index in [4.69, 9.17) is 11.6 Å². The molecule has 0 aliphatic rings. The highest BCUT2D eigenvalue weighted by Gasteiger charge is 2.18. The molecule has 86 valence electrons. The molecule has 1 heterocycles. The Balaban J connectivity index is 2.67. The Morgan fingerprint density at radius 3 is 2.67 bits per heavy atom. The first-order valence-electron chi connectivity index (χ1n) is 4.33. The van der Waals surface area contributed by atoms with E-state index in [2.05, 4.69) is 15.2 Å². The predicted molar refractivity (Wildman–Crippen MR) is 57.1 cm³/mol. The summed E-state index contributed by atoms with van der Waals surface area (Å²) in [5.41, 5.74) is 0. The van der Waals surface area contributed by atoms with E-state index >= 15 is 0 Å². The van der Waals surface area contributed by atoms with Gasteiger partial charge < -0.3 is 0 Å². The second kappa shape index (κ2) is 4.91. The molecule has 15 heavy (non-hydrogen) atoms. The molecule has 0 saturated carbocycles. The van der Waals surface area contributed by atoms with Gasteiger partial charge in [-0.05, 0) is 6.92 Å². The van der Waals surface area contributed by atoms with Crippen LogP contribution in [0.5, 0.6) is 0 Å². The Morgan fingerprint density at radius 1 is 1.53 bits per heavy atom. The van der Waals surface area contributed by atoms with Crippen molar-refractivity contribution in [2.24, 2.45) is 0 Å². The van der Waals surface area contributed by atoms with Crippen LogP contribution in [-0.4, -0.2) is 46.6 Å². The number of aromatic nitrogens is 3.